The second-order valence-corrected chi connectivity index (χ2v) is 5.48. The van der Waals surface area contributed by atoms with Crippen LogP contribution in [0.4, 0.5) is 11.5 Å². The normalized spacial score (nSPS) is 10.0. The lowest BCUT2D eigenvalue weighted by molar-refractivity contribution is 0.415. The molecule has 0 unspecified atom stereocenters. The second kappa shape index (κ2) is 7.03. The first-order valence-corrected chi connectivity index (χ1v) is 7.65. The van der Waals surface area contributed by atoms with Crippen molar-refractivity contribution in [3.63, 3.8) is 0 Å². The van der Waals surface area contributed by atoms with E-state index in [9.17, 15) is 5.26 Å². The molecule has 0 aliphatic carbocycles. The Bertz CT molecular complexity index is 904. The van der Waals surface area contributed by atoms with Crippen LogP contribution in [0.3, 0.4) is 0 Å². The van der Waals surface area contributed by atoms with E-state index in [-0.39, 0.29) is 0 Å². The van der Waals surface area contributed by atoms with Gasteiger partial charge >= 0.3 is 0 Å². The highest BCUT2D eigenvalue weighted by molar-refractivity contribution is 6.32. The Balaban J connectivity index is 1.92. The van der Waals surface area contributed by atoms with Crippen molar-refractivity contribution < 1.29 is 4.74 Å². The highest BCUT2D eigenvalue weighted by Gasteiger charge is 2.08. The predicted molar refractivity (Wildman–Crippen MR) is 95.7 cm³/mol. The summed E-state index contributed by atoms with van der Waals surface area (Å²) in [6, 6.07) is 19.1. The van der Waals surface area contributed by atoms with E-state index in [2.05, 4.69) is 16.4 Å². The van der Waals surface area contributed by atoms with Gasteiger partial charge in [0.25, 0.3) is 0 Å². The standard InChI is InChI=1S/C19H14ClN3O/c1-24-18-8-7-16(10-17(18)20)23-19-14(11-21)9-15(12-22-19)13-5-3-2-4-6-13/h2-10,12H,1H3,(H,22,23). The summed E-state index contributed by atoms with van der Waals surface area (Å²) < 4.78 is 5.13. The molecule has 0 spiro atoms. The van der Waals surface area contributed by atoms with E-state index in [1.807, 2.05) is 42.5 Å². The van der Waals surface area contributed by atoms with Crippen molar-refractivity contribution in [1.29, 1.82) is 5.26 Å². The van der Waals surface area contributed by atoms with Gasteiger partial charge in [-0.15, -0.1) is 0 Å². The van der Waals surface area contributed by atoms with Gasteiger partial charge in [0.15, 0.2) is 0 Å². The fraction of sp³-hybridized carbons (Fsp3) is 0.0526. The first-order chi connectivity index (χ1) is 11.7. The molecule has 1 heterocycles. The van der Waals surface area contributed by atoms with Crippen molar-refractivity contribution in [1.82, 2.24) is 4.98 Å². The van der Waals surface area contributed by atoms with Gasteiger partial charge in [0.05, 0.1) is 17.7 Å². The number of hydrogen-bond acceptors (Lipinski definition) is 4. The van der Waals surface area contributed by atoms with Crippen LogP contribution in [0.1, 0.15) is 5.56 Å². The zero-order chi connectivity index (χ0) is 16.9. The Hall–Kier alpha value is -3.03. The largest absolute Gasteiger partial charge is 0.495 e. The molecule has 5 heteroatoms. The van der Waals surface area contributed by atoms with Gasteiger partial charge in [-0.2, -0.15) is 5.26 Å². The molecular weight excluding hydrogens is 322 g/mol. The molecule has 3 aromatic rings. The average Bonchev–Trinajstić information content (AvgIpc) is 2.63. The van der Waals surface area contributed by atoms with Gasteiger partial charge in [-0.1, -0.05) is 41.9 Å². The Morgan fingerprint density at radius 3 is 2.54 bits per heavy atom. The van der Waals surface area contributed by atoms with E-state index in [0.717, 1.165) is 16.8 Å². The molecule has 0 saturated heterocycles. The highest BCUT2D eigenvalue weighted by atomic mass is 35.5. The Morgan fingerprint density at radius 2 is 1.88 bits per heavy atom. The molecule has 24 heavy (non-hydrogen) atoms. The summed E-state index contributed by atoms with van der Waals surface area (Å²) in [7, 11) is 1.56. The number of nitrogens with one attached hydrogen (secondary N) is 1. The van der Waals surface area contributed by atoms with Gasteiger partial charge in [0.2, 0.25) is 0 Å². The summed E-state index contributed by atoms with van der Waals surface area (Å²) in [5, 5.41) is 13.0. The number of hydrogen-bond donors (Lipinski definition) is 1. The molecule has 1 aromatic heterocycles. The third kappa shape index (κ3) is 3.32. The summed E-state index contributed by atoms with van der Waals surface area (Å²) >= 11 is 6.12. The van der Waals surface area contributed by atoms with E-state index in [0.29, 0.717) is 22.2 Å². The lowest BCUT2D eigenvalue weighted by Gasteiger charge is -2.10. The second-order valence-electron chi connectivity index (χ2n) is 5.07. The maximum Gasteiger partial charge on any atom is 0.148 e. The number of nitrogens with zero attached hydrogens (tertiary/aromatic N) is 2. The van der Waals surface area contributed by atoms with Crippen molar-refractivity contribution in [3.8, 4) is 22.9 Å². The van der Waals surface area contributed by atoms with Crippen molar-refractivity contribution in [2.24, 2.45) is 0 Å². The van der Waals surface area contributed by atoms with Gasteiger partial charge in [0.1, 0.15) is 17.6 Å². The minimum Gasteiger partial charge on any atom is -0.495 e. The van der Waals surface area contributed by atoms with Crippen LogP contribution >= 0.6 is 11.6 Å². The first kappa shape index (κ1) is 15.9. The molecule has 0 aliphatic heterocycles. The van der Waals surface area contributed by atoms with Gasteiger partial charge in [-0.3, -0.25) is 0 Å². The van der Waals surface area contributed by atoms with Crippen molar-refractivity contribution in [3.05, 3.63) is 71.4 Å². The van der Waals surface area contributed by atoms with Crippen molar-refractivity contribution in [2.75, 3.05) is 12.4 Å². The molecule has 0 aliphatic rings. The van der Waals surface area contributed by atoms with Crippen LogP contribution in [0.15, 0.2) is 60.8 Å². The smallest absolute Gasteiger partial charge is 0.148 e. The molecule has 118 valence electrons. The molecular formula is C19H14ClN3O. The van der Waals surface area contributed by atoms with Crippen LogP contribution in [-0.4, -0.2) is 12.1 Å². The molecule has 0 fully saturated rings. The monoisotopic (exact) mass is 335 g/mol. The number of halogens is 1. The minimum atomic E-state index is 0.461. The summed E-state index contributed by atoms with van der Waals surface area (Å²) in [4.78, 5) is 4.39. The van der Waals surface area contributed by atoms with E-state index in [1.54, 1.807) is 25.4 Å². The number of pyridine rings is 1. The Labute approximate surface area is 145 Å². The van der Waals surface area contributed by atoms with Gasteiger partial charge in [-0.25, -0.2) is 4.98 Å². The number of rotatable bonds is 4. The fourth-order valence-corrected chi connectivity index (χ4v) is 2.58. The molecule has 1 N–H and O–H groups in total. The van der Waals surface area contributed by atoms with Gasteiger partial charge < -0.3 is 10.1 Å². The quantitative estimate of drug-likeness (QED) is 0.726. The zero-order valence-electron chi connectivity index (χ0n) is 13.0. The molecule has 0 radical (unpaired) electrons. The number of benzene rings is 2. The van der Waals surface area contributed by atoms with Crippen molar-refractivity contribution >= 4 is 23.1 Å². The molecule has 0 amide bonds. The van der Waals surface area contributed by atoms with Crippen LogP contribution in [0, 0.1) is 11.3 Å². The van der Waals surface area contributed by atoms with Crippen LogP contribution in [0.5, 0.6) is 5.75 Å². The van der Waals surface area contributed by atoms with Crippen LogP contribution in [0.2, 0.25) is 5.02 Å². The topological polar surface area (TPSA) is 57.9 Å². The van der Waals surface area contributed by atoms with Crippen LogP contribution in [-0.2, 0) is 0 Å². The molecule has 2 aromatic carbocycles. The number of ether oxygens (including phenoxy) is 1. The molecule has 0 bridgehead atoms. The minimum absolute atomic E-state index is 0.461. The molecule has 0 saturated carbocycles. The molecule has 0 atom stereocenters. The summed E-state index contributed by atoms with van der Waals surface area (Å²) in [5.74, 6) is 1.08. The average molecular weight is 336 g/mol. The van der Waals surface area contributed by atoms with Crippen molar-refractivity contribution in [2.45, 2.75) is 0 Å². The van der Waals surface area contributed by atoms with Crippen LogP contribution < -0.4 is 10.1 Å². The van der Waals surface area contributed by atoms with E-state index in [4.69, 9.17) is 16.3 Å². The number of aromatic nitrogens is 1. The summed E-state index contributed by atoms with van der Waals surface area (Å²) in [5.41, 5.74) is 3.10. The molecule has 4 nitrogen and oxygen atoms in total. The SMILES string of the molecule is COc1ccc(Nc2ncc(-c3ccccc3)cc2C#N)cc1Cl. The van der Waals surface area contributed by atoms with E-state index >= 15 is 0 Å². The van der Waals surface area contributed by atoms with Gasteiger partial charge in [-0.05, 0) is 29.8 Å². The zero-order valence-corrected chi connectivity index (χ0v) is 13.7. The maximum absolute atomic E-state index is 9.43. The van der Waals surface area contributed by atoms with Crippen LogP contribution in [0.25, 0.3) is 11.1 Å². The highest BCUT2D eigenvalue weighted by Crippen LogP contribution is 2.30. The Morgan fingerprint density at radius 1 is 1.08 bits per heavy atom. The number of nitriles is 1. The fourth-order valence-electron chi connectivity index (χ4n) is 2.32. The van der Waals surface area contributed by atoms with E-state index < -0.39 is 0 Å². The third-order valence-corrected chi connectivity index (χ3v) is 3.83. The van der Waals surface area contributed by atoms with E-state index in [1.165, 1.54) is 0 Å². The number of anilines is 2. The lowest BCUT2D eigenvalue weighted by Crippen LogP contribution is -1.98. The Kier molecular flexibility index (Phi) is 4.64. The lowest BCUT2D eigenvalue weighted by atomic mass is 10.1. The third-order valence-electron chi connectivity index (χ3n) is 3.53. The predicted octanol–water partition coefficient (Wildman–Crippen LogP) is 5.03. The summed E-state index contributed by atoms with van der Waals surface area (Å²) in [6.45, 7) is 0. The first-order valence-electron chi connectivity index (χ1n) is 7.27. The maximum atomic E-state index is 9.43. The van der Waals surface area contributed by atoms with Gasteiger partial charge in [0, 0.05) is 17.4 Å². The molecule has 3 rings (SSSR count). The summed E-state index contributed by atoms with van der Waals surface area (Å²) in [6.07, 6.45) is 1.74. The number of methoxy groups -OCH3 is 1.